The van der Waals surface area contributed by atoms with Gasteiger partial charge in [0.05, 0.1) is 44.9 Å². The summed E-state index contributed by atoms with van der Waals surface area (Å²) in [6.45, 7) is 0.561. The number of para-hydroxylation sites is 1. The van der Waals surface area contributed by atoms with Crippen molar-refractivity contribution >= 4 is 70.3 Å². The summed E-state index contributed by atoms with van der Waals surface area (Å²) in [6, 6.07) is 16.9. The maximum atomic E-state index is 13.2. The molecule has 0 saturated heterocycles. The van der Waals surface area contributed by atoms with Crippen molar-refractivity contribution < 1.29 is 68.1 Å². The summed E-state index contributed by atoms with van der Waals surface area (Å²) >= 11 is 0. The normalized spacial score (nSPS) is 12.5. The van der Waals surface area contributed by atoms with Gasteiger partial charge in [0.2, 0.25) is 0 Å². The molecular formula is C27H23N8NaO11S3. The van der Waals surface area contributed by atoms with E-state index in [-0.39, 0.29) is 62.9 Å². The van der Waals surface area contributed by atoms with E-state index in [1.807, 2.05) is 0 Å². The number of anilines is 3. The van der Waals surface area contributed by atoms with Crippen LogP contribution < -0.4 is 51.7 Å². The van der Waals surface area contributed by atoms with E-state index in [1.54, 1.807) is 30.3 Å². The average Bonchev–Trinajstić information content (AvgIpc) is 3.43. The number of azo groups is 2. The number of aryl methyl sites for hydroxylation is 1. The zero-order valence-corrected chi connectivity index (χ0v) is 30.3. The van der Waals surface area contributed by atoms with E-state index in [0.29, 0.717) is 5.69 Å². The Balaban J connectivity index is 0.00000562. The second-order valence-corrected chi connectivity index (χ2v) is 14.5. The zero-order chi connectivity index (χ0) is 35.7. The molecule has 0 aliphatic heterocycles. The predicted octanol–water partition coefficient (Wildman–Crippen LogP) is 0.163. The van der Waals surface area contributed by atoms with Crippen LogP contribution in [0.15, 0.2) is 113 Å². The number of benzene rings is 3. The molecule has 23 heteroatoms. The Labute approximate surface area is 305 Å². The third-order valence-electron chi connectivity index (χ3n) is 6.72. The number of hydrogen-bond acceptors (Lipinski definition) is 16. The third kappa shape index (κ3) is 8.48. The van der Waals surface area contributed by atoms with Crippen LogP contribution in [0.4, 0.5) is 39.9 Å². The summed E-state index contributed by atoms with van der Waals surface area (Å²) < 4.78 is 96.2. The number of nitrogens with one attached hydrogen (secondary N) is 1. The molecule has 0 aliphatic carbocycles. The molecule has 4 N–H and O–H groups in total. The molecule has 19 nitrogen and oxygen atoms in total. The van der Waals surface area contributed by atoms with Crippen LogP contribution in [-0.2, 0) is 34.5 Å². The molecule has 0 saturated carbocycles. The molecule has 2 heterocycles. The van der Waals surface area contributed by atoms with Gasteiger partial charge in [-0.1, -0.05) is 18.2 Å². The Morgan fingerprint density at radius 3 is 2.00 bits per heavy atom. The number of hydrogen-bond donors (Lipinski definition) is 3. The van der Waals surface area contributed by atoms with Gasteiger partial charge in [-0.2, -0.15) is 23.2 Å². The first-order valence-corrected chi connectivity index (χ1v) is 18.0. The molecule has 0 aliphatic rings. The third-order valence-corrected chi connectivity index (χ3v) is 9.76. The van der Waals surface area contributed by atoms with Gasteiger partial charge in [-0.05, 0) is 61.5 Å². The fourth-order valence-electron chi connectivity index (χ4n) is 4.44. The van der Waals surface area contributed by atoms with Gasteiger partial charge in [0, 0.05) is 5.69 Å². The Morgan fingerprint density at radius 1 is 0.820 bits per heavy atom. The van der Waals surface area contributed by atoms with Gasteiger partial charge in [-0.25, -0.2) is 25.5 Å². The predicted molar refractivity (Wildman–Crippen MR) is 172 cm³/mol. The molecule has 0 atom stereocenters. The summed E-state index contributed by atoms with van der Waals surface area (Å²) in [5.74, 6) is -1.15. The van der Waals surface area contributed by atoms with Gasteiger partial charge in [0.1, 0.15) is 10.1 Å². The van der Waals surface area contributed by atoms with Gasteiger partial charge < -0.3 is 15.6 Å². The minimum absolute atomic E-state index is 0. The Kier molecular flexibility index (Phi) is 11.4. The SMILES string of the molecule is Cc1c(N=Nc2ccc(Nc3ccccc3)c(S(=O)(=O)[O-])c2)c(=O)n2c(N)c(N=Nc3ccc(S(=O)(=O)CCOS(=O)(=O)O)cc3)c(=O)n12.[Na+]. The fraction of sp³-hybridized carbons (Fsp3) is 0.111. The van der Waals surface area contributed by atoms with E-state index < -0.39 is 70.2 Å². The molecule has 0 bridgehead atoms. The summed E-state index contributed by atoms with van der Waals surface area (Å²) in [5.41, 5.74) is 4.11. The Hall–Kier alpha value is -4.39. The van der Waals surface area contributed by atoms with Crippen LogP contribution in [0.1, 0.15) is 5.69 Å². The van der Waals surface area contributed by atoms with E-state index in [1.165, 1.54) is 31.2 Å². The van der Waals surface area contributed by atoms with Gasteiger partial charge in [-0.3, -0.25) is 14.1 Å². The van der Waals surface area contributed by atoms with Crippen LogP contribution in [-0.4, -0.2) is 55.7 Å². The minimum Gasteiger partial charge on any atom is -0.744 e. The zero-order valence-electron chi connectivity index (χ0n) is 25.9. The monoisotopic (exact) mass is 754 g/mol. The minimum atomic E-state index is -4.96. The van der Waals surface area contributed by atoms with Gasteiger partial charge in [-0.15, -0.1) is 10.2 Å². The molecule has 0 fully saturated rings. The van der Waals surface area contributed by atoms with E-state index in [0.717, 1.165) is 27.2 Å². The molecular weight excluding hydrogens is 732 g/mol. The fourth-order valence-corrected chi connectivity index (χ4v) is 6.58. The summed E-state index contributed by atoms with van der Waals surface area (Å²) in [4.78, 5) is 25.5. The van der Waals surface area contributed by atoms with Gasteiger partial charge in [0.25, 0.3) is 0 Å². The van der Waals surface area contributed by atoms with Crippen molar-refractivity contribution in [3.63, 3.8) is 0 Å². The number of sulfone groups is 1. The maximum Gasteiger partial charge on any atom is 1.00 e. The van der Waals surface area contributed by atoms with Crippen molar-refractivity contribution in [3.05, 3.63) is 99.2 Å². The number of aromatic nitrogens is 2. The van der Waals surface area contributed by atoms with E-state index in [4.69, 9.17) is 10.3 Å². The van der Waals surface area contributed by atoms with Crippen molar-refractivity contribution in [2.75, 3.05) is 23.4 Å². The molecule has 2 aromatic heterocycles. The Bertz CT molecular complexity index is 2580. The standard InChI is InChI=1S/C27H24N8O11S3.Na/c1-16-23(32-31-19-9-12-21(22(15-19)48(40,41)42)29-17-5-3-2-4-6-17)26(36)35-25(28)24(27(37)34(16)35)33-30-18-7-10-20(11-8-18)47(38,39)14-13-46-49(43,44)45;/h2-12,15,29H,13-14,28H2,1H3,(H,40,41,42)(H,43,44,45);/q;+1/p-1. The van der Waals surface area contributed by atoms with Crippen LogP contribution in [0.25, 0.3) is 0 Å². The summed E-state index contributed by atoms with van der Waals surface area (Å²) in [7, 11) is -13.8. The number of nitrogens with two attached hydrogens (primary N) is 1. The molecule has 50 heavy (non-hydrogen) atoms. The molecule has 5 aromatic rings. The molecule has 0 spiro atoms. The molecule has 0 amide bonds. The van der Waals surface area contributed by atoms with Gasteiger partial charge >= 0.3 is 51.1 Å². The van der Waals surface area contributed by atoms with Crippen LogP contribution in [0.3, 0.4) is 0 Å². The Morgan fingerprint density at radius 2 is 1.40 bits per heavy atom. The second kappa shape index (κ2) is 14.8. The molecule has 3 aromatic carbocycles. The van der Waals surface area contributed by atoms with E-state index >= 15 is 0 Å². The van der Waals surface area contributed by atoms with E-state index in [2.05, 4.69) is 30.0 Å². The number of nitrogens with zero attached hydrogens (tertiary/aromatic N) is 6. The first-order chi connectivity index (χ1) is 23.0. The summed E-state index contributed by atoms with van der Waals surface area (Å²) in [5, 5.41) is 18.3. The second-order valence-electron chi connectivity index (χ2n) is 9.99. The number of fused-ring (bicyclic) bond motifs is 1. The molecule has 5 rings (SSSR count). The molecule has 0 unspecified atom stereocenters. The van der Waals surface area contributed by atoms with Gasteiger partial charge in [0.15, 0.2) is 27.0 Å². The van der Waals surface area contributed by atoms with Crippen LogP contribution in [0.5, 0.6) is 0 Å². The topological polar surface area (TPSA) is 285 Å². The smallest absolute Gasteiger partial charge is 0.744 e. The van der Waals surface area contributed by atoms with Crippen LogP contribution in [0.2, 0.25) is 0 Å². The van der Waals surface area contributed by atoms with Crippen molar-refractivity contribution in [2.24, 2.45) is 20.5 Å². The van der Waals surface area contributed by atoms with Crippen molar-refractivity contribution in [2.45, 2.75) is 16.7 Å². The quantitative estimate of drug-likeness (QED) is 0.0871. The van der Waals surface area contributed by atoms with Crippen molar-refractivity contribution in [1.82, 2.24) is 9.03 Å². The van der Waals surface area contributed by atoms with Crippen LogP contribution >= 0.6 is 0 Å². The first kappa shape index (κ1) is 38.4. The van der Waals surface area contributed by atoms with Crippen molar-refractivity contribution in [1.29, 1.82) is 0 Å². The number of rotatable bonds is 12. The van der Waals surface area contributed by atoms with E-state index in [9.17, 15) is 39.4 Å². The number of nitrogen functional groups attached to an aromatic ring is 1. The summed E-state index contributed by atoms with van der Waals surface area (Å²) in [6.07, 6.45) is 0. The largest absolute Gasteiger partial charge is 1.00 e. The first-order valence-electron chi connectivity index (χ1n) is 13.6. The molecule has 256 valence electrons. The van der Waals surface area contributed by atoms with Crippen molar-refractivity contribution in [3.8, 4) is 0 Å². The van der Waals surface area contributed by atoms with Crippen LogP contribution in [0, 0.1) is 6.92 Å². The average molecular weight is 755 g/mol. The molecule has 0 radical (unpaired) electrons. The maximum absolute atomic E-state index is 13.2.